The maximum absolute atomic E-state index is 14.8. The lowest BCUT2D eigenvalue weighted by Crippen LogP contribution is -2.48. The second-order valence-electron chi connectivity index (χ2n) is 20.8. The fourth-order valence-corrected chi connectivity index (χ4v) is 12.6. The molecule has 4 aromatic carbocycles. The number of halogens is 3. The van der Waals surface area contributed by atoms with Crippen LogP contribution in [0.5, 0.6) is 0 Å². The van der Waals surface area contributed by atoms with Gasteiger partial charge in [0, 0.05) is 89.9 Å². The normalized spacial score (nSPS) is 19.0. The van der Waals surface area contributed by atoms with Gasteiger partial charge in [0.05, 0.1) is 83.6 Å². The predicted molar refractivity (Wildman–Crippen MR) is 326 cm³/mol. The summed E-state index contributed by atoms with van der Waals surface area (Å²) in [5, 5.41) is 13.5. The topological polar surface area (TPSA) is 169 Å². The first-order chi connectivity index (χ1) is 40.1. The van der Waals surface area contributed by atoms with Gasteiger partial charge in [-0.1, -0.05) is 73.5 Å². The minimum Gasteiger partial charge on any atom is -0.378 e. The van der Waals surface area contributed by atoms with Crippen LogP contribution in [0.2, 0.25) is 5.02 Å². The summed E-state index contributed by atoms with van der Waals surface area (Å²) in [5.41, 5.74) is 5.83. The van der Waals surface area contributed by atoms with Gasteiger partial charge in [-0.2, -0.15) is 19.3 Å². The molecule has 3 unspecified atom stereocenters. The Bertz CT molecular complexity index is 2950. The van der Waals surface area contributed by atoms with Crippen LogP contribution in [0.15, 0.2) is 115 Å². The molecular formula is C64H79ClF2N6O9S. The minimum absolute atomic E-state index is 0.00410. The zero-order valence-electron chi connectivity index (χ0n) is 48.1. The lowest BCUT2D eigenvalue weighted by atomic mass is 9.83. The number of nitrogens with zero attached hydrogens (tertiary/aromatic N) is 2. The van der Waals surface area contributed by atoms with Crippen molar-refractivity contribution >= 4 is 62.1 Å². The van der Waals surface area contributed by atoms with E-state index in [1.807, 2.05) is 53.4 Å². The molecule has 19 heteroatoms. The van der Waals surface area contributed by atoms with E-state index in [9.17, 15) is 28.0 Å². The van der Waals surface area contributed by atoms with Gasteiger partial charge < -0.3 is 49.4 Å². The highest BCUT2D eigenvalue weighted by molar-refractivity contribution is 8.16. The predicted octanol–water partition coefficient (Wildman–Crippen LogP) is 9.51. The van der Waals surface area contributed by atoms with Crippen LogP contribution in [0, 0.1) is 18.3 Å². The number of piperidine rings is 1. The first-order valence-corrected chi connectivity index (χ1v) is 30.4. The van der Waals surface area contributed by atoms with Crippen molar-refractivity contribution in [2.75, 3.05) is 121 Å². The molecule has 4 N–H and O–H groups in total. The second kappa shape index (κ2) is 32.1. The largest absolute Gasteiger partial charge is 0.378 e. The zero-order valence-corrected chi connectivity index (χ0v) is 49.7. The molecule has 1 fully saturated rings. The number of alkyl halides is 2. The van der Waals surface area contributed by atoms with E-state index in [-0.39, 0.29) is 95.1 Å². The molecule has 0 spiro atoms. The van der Waals surface area contributed by atoms with Gasteiger partial charge in [0.2, 0.25) is 11.8 Å². The summed E-state index contributed by atoms with van der Waals surface area (Å²) >= 11 is 6.13. The van der Waals surface area contributed by atoms with Crippen LogP contribution >= 0.6 is 22.1 Å². The number of hydrogen-bond donors (Lipinski definition) is 4. The molecule has 0 saturated carbocycles. The number of benzene rings is 4. The number of fused-ring (bicyclic) bond motifs is 1. The quantitative estimate of drug-likeness (QED) is 0.0129. The number of anilines is 2. The van der Waals surface area contributed by atoms with Crippen LogP contribution in [0.4, 0.5) is 20.2 Å². The summed E-state index contributed by atoms with van der Waals surface area (Å²) < 4.78 is 57.7. The summed E-state index contributed by atoms with van der Waals surface area (Å²) in [6.45, 7) is 15.8. The molecule has 0 aliphatic carbocycles. The standard InChI is InChI=1S/C64H79ClF2N6O9S/c1-7-36-83-37-25-68-60(83)41-47(8-2)63(77)72-42-52(49-13-16-54(17-14-49)64(66,67)44(3)4)39-53(43-72)62(76)70-24-27-79-29-31-81-33-35-82-34-32-80-30-28-78-26-23-69-61(75)50-11-9-48(10-12-50)51-15-22-59-57(40-51)58(38-45(5)73(59)46(6)74)71-56-20-18-55(65)19-21-56/h2,9-22,40-41,45,52-53,58,68,71H,3,7,23-39,42-43H2,1,4-6H3,(H,69,75)(H,70,76)/b47-41+/t45-,52?,53?,58+,83?/m0/s1. The fraction of sp³-hybridized carbons (Fsp3) is 0.453. The number of rotatable bonds is 30. The molecule has 3 heterocycles. The number of terminal acetylenes is 1. The summed E-state index contributed by atoms with van der Waals surface area (Å²) in [7, 11) is -0.0117. The first kappa shape index (κ1) is 64.3. The number of allylic oxidation sites excluding steroid dienone is 1. The van der Waals surface area contributed by atoms with Crippen LogP contribution in [0.25, 0.3) is 11.1 Å². The van der Waals surface area contributed by atoms with Gasteiger partial charge in [-0.15, -0.1) is 6.42 Å². The van der Waals surface area contributed by atoms with Gasteiger partial charge in [-0.05, 0) is 121 Å². The van der Waals surface area contributed by atoms with E-state index < -0.39 is 11.8 Å². The highest BCUT2D eigenvalue weighted by Gasteiger charge is 2.37. The third-order valence-corrected chi connectivity index (χ3v) is 17.4. The number of hydrogen-bond acceptors (Lipinski definition) is 11. The van der Waals surface area contributed by atoms with E-state index in [0.717, 1.165) is 69.5 Å². The highest BCUT2D eigenvalue weighted by Crippen LogP contribution is 2.42. The molecule has 7 rings (SSSR count). The fourth-order valence-electron chi connectivity index (χ4n) is 10.4. The van der Waals surface area contributed by atoms with Crippen molar-refractivity contribution in [2.24, 2.45) is 5.92 Å². The van der Waals surface area contributed by atoms with Crippen LogP contribution in [0.1, 0.15) is 86.0 Å². The van der Waals surface area contributed by atoms with Gasteiger partial charge in [0.15, 0.2) is 0 Å². The number of amides is 4. The molecule has 3 aliphatic rings. The van der Waals surface area contributed by atoms with Crippen molar-refractivity contribution in [1.82, 2.24) is 20.9 Å². The van der Waals surface area contributed by atoms with Crippen LogP contribution < -0.4 is 26.2 Å². The third-order valence-electron chi connectivity index (χ3n) is 14.7. The average Bonchev–Trinajstić information content (AvgIpc) is 4.11. The molecule has 15 nitrogen and oxygen atoms in total. The summed E-state index contributed by atoms with van der Waals surface area (Å²) in [6, 6.07) is 27.2. The third kappa shape index (κ3) is 18.4. The van der Waals surface area contributed by atoms with Crippen molar-refractivity contribution in [1.29, 1.82) is 0 Å². The van der Waals surface area contributed by atoms with E-state index in [0.29, 0.717) is 83.0 Å². The smallest absolute Gasteiger partial charge is 0.294 e. The molecule has 3 aliphatic heterocycles. The lowest BCUT2D eigenvalue weighted by molar-refractivity contribution is -0.133. The molecule has 0 bridgehead atoms. The van der Waals surface area contributed by atoms with E-state index in [1.54, 1.807) is 42.2 Å². The number of carbonyl (C=O) groups is 4. The van der Waals surface area contributed by atoms with Gasteiger partial charge >= 0.3 is 0 Å². The Hall–Kier alpha value is -6.27. The van der Waals surface area contributed by atoms with Crippen molar-refractivity contribution in [2.45, 2.75) is 70.9 Å². The van der Waals surface area contributed by atoms with E-state index in [1.165, 1.54) is 19.1 Å². The lowest BCUT2D eigenvalue weighted by Gasteiger charge is -2.39. The molecule has 0 aromatic heterocycles. The average molecular weight is 1180 g/mol. The number of ether oxygens (including phenoxy) is 5. The molecule has 83 heavy (non-hydrogen) atoms. The summed E-state index contributed by atoms with van der Waals surface area (Å²) in [4.78, 5) is 57.8. The van der Waals surface area contributed by atoms with Gasteiger partial charge in [0.25, 0.3) is 17.7 Å². The first-order valence-electron chi connectivity index (χ1n) is 28.5. The van der Waals surface area contributed by atoms with Gasteiger partial charge in [-0.25, -0.2) is 0 Å². The Morgan fingerprint density at radius 1 is 0.807 bits per heavy atom. The molecule has 0 radical (unpaired) electrons. The van der Waals surface area contributed by atoms with Crippen LogP contribution in [0.3, 0.4) is 0 Å². The van der Waals surface area contributed by atoms with Gasteiger partial charge in [-0.3, -0.25) is 24.5 Å². The zero-order chi connectivity index (χ0) is 59.3. The minimum atomic E-state index is -3.19. The van der Waals surface area contributed by atoms with Crippen molar-refractivity contribution in [3.63, 3.8) is 0 Å². The second-order valence-corrected chi connectivity index (χ2v) is 23.5. The SMILES string of the molecule is C#C/C(=C\C1=S(CCC)CCN1)C(=O)N1CC(C(=O)NCCOCCOCCOCCOCCOCCNC(=O)c2ccc(-c3ccc4c(c3)[C@H](Nc3ccc(Cl)cc3)C[C@H](C)N4C(C)=O)cc2)CC(c2ccc(C(F)(F)C(=C)C)cc2)C1. The van der Waals surface area contributed by atoms with E-state index >= 15 is 0 Å². The Morgan fingerprint density at radius 2 is 1.41 bits per heavy atom. The van der Waals surface area contributed by atoms with Crippen LogP contribution in [-0.4, -0.2) is 150 Å². The molecule has 446 valence electrons. The number of likely N-dealkylation sites (tertiary alicyclic amines) is 1. The van der Waals surface area contributed by atoms with Crippen molar-refractivity contribution < 1.29 is 51.6 Å². The monoisotopic (exact) mass is 1180 g/mol. The van der Waals surface area contributed by atoms with Gasteiger partial charge in [0.1, 0.15) is 0 Å². The Labute approximate surface area is 495 Å². The number of nitrogens with one attached hydrogen (secondary N) is 4. The maximum Gasteiger partial charge on any atom is 0.294 e. The number of carbonyl (C=O) groups excluding carboxylic acids is 4. The van der Waals surface area contributed by atoms with Crippen molar-refractivity contribution in [3.05, 3.63) is 142 Å². The molecule has 1 saturated heterocycles. The Kier molecular flexibility index (Phi) is 24.9. The Morgan fingerprint density at radius 3 is 2.00 bits per heavy atom. The molecule has 5 atom stereocenters. The highest BCUT2D eigenvalue weighted by atomic mass is 35.5. The molecular weight excluding hydrogens is 1100 g/mol. The van der Waals surface area contributed by atoms with E-state index in [2.05, 4.69) is 53.7 Å². The summed E-state index contributed by atoms with van der Waals surface area (Å²) in [5.74, 6) is -0.249. The Balaban J connectivity index is 0.730. The molecule has 4 amide bonds. The van der Waals surface area contributed by atoms with Crippen LogP contribution in [-0.2, 0) is 44.0 Å². The van der Waals surface area contributed by atoms with Crippen molar-refractivity contribution in [3.8, 4) is 23.5 Å². The van der Waals surface area contributed by atoms with E-state index in [4.69, 9.17) is 41.7 Å². The summed E-state index contributed by atoms with van der Waals surface area (Å²) in [6.07, 6.45) is 9.86. The molecule has 4 aromatic rings. The maximum atomic E-state index is 14.8.